The maximum Gasteiger partial charge on any atom is 0.435 e. The van der Waals surface area contributed by atoms with Crippen LogP contribution in [0.1, 0.15) is 23.9 Å². The number of rotatable bonds is 4. The molecule has 0 unspecified atom stereocenters. The molecule has 0 amide bonds. The van der Waals surface area contributed by atoms with Gasteiger partial charge in [0.25, 0.3) is 0 Å². The van der Waals surface area contributed by atoms with Gasteiger partial charge in [-0.1, -0.05) is 0 Å². The smallest absolute Gasteiger partial charge is 0.435 e. The molecule has 21 heavy (non-hydrogen) atoms. The lowest BCUT2D eigenvalue weighted by atomic mass is 10.2. The van der Waals surface area contributed by atoms with E-state index in [9.17, 15) is 13.2 Å². The number of aromatic nitrogens is 2. The van der Waals surface area contributed by atoms with E-state index in [2.05, 4.69) is 5.10 Å². The molecule has 0 aliphatic heterocycles. The predicted octanol–water partition coefficient (Wildman–Crippen LogP) is 3.06. The number of benzene rings is 1. The lowest BCUT2D eigenvalue weighted by Gasteiger charge is -2.10. The monoisotopic (exact) mass is 299 g/mol. The quantitative estimate of drug-likeness (QED) is 0.944. The number of hydrogen-bond donors (Lipinski definition) is 1. The normalized spacial score (nSPS) is 11.7. The van der Waals surface area contributed by atoms with Gasteiger partial charge in [0.05, 0.1) is 18.0 Å². The fourth-order valence-electron chi connectivity index (χ4n) is 2.03. The minimum Gasteiger partial charge on any atom is -0.494 e. The molecule has 1 aromatic heterocycles. The van der Waals surface area contributed by atoms with Gasteiger partial charge < -0.3 is 10.5 Å². The number of ether oxygens (including phenoxy) is 1. The minimum atomic E-state index is -4.50. The molecule has 0 aliphatic rings. The van der Waals surface area contributed by atoms with Gasteiger partial charge in [0.2, 0.25) is 0 Å². The van der Waals surface area contributed by atoms with Crippen molar-refractivity contribution in [3.05, 3.63) is 41.2 Å². The van der Waals surface area contributed by atoms with Crippen LogP contribution in [0.25, 0.3) is 5.69 Å². The van der Waals surface area contributed by atoms with Crippen molar-refractivity contribution in [3.8, 4) is 11.4 Å². The SMILES string of the molecule is CCOc1cc(C)cc(-n2nc(C(F)(F)F)cc2CN)c1. The summed E-state index contributed by atoms with van der Waals surface area (Å²) in [5.41, 5.74) is 6.21. The first-order valence-corrected chi connectivity index (χ1v) is 6.46. The lowest BCUT2D eigenvalue weighted by Crippen LogP contribution is -2.09. The average molecular weight is 299 g/mol. The summed E-state index contributed by atoms with van der Waals surface area (Å²) in [6, 6.07) is 6.14. The van der Waals surface area contributed by atoms with Crippen LogP contribution in [0.3, 0.4) is 0 Å². The van der Waals surface area contributed by atoms with Gasteiger partial charge in [0.1, 0.15) is 5.75 Å². The van der Waals surface area contributed by atoms with Crippen molar-refractivity contribution in [1.82, 2.24) is 9.78 Å². The Morgan fingerprint density at radius 3 is 2.52 bits per heavy atom. The summed E-state index contributed by atoms with van der Waals surface area (Å²) in [5, 5.41) is 3.62. The first kappa shape index (κ1) is 15.4. The summed E-state index contributed by atoms with van der Waals surface area (Å²) < 4.78 is 44.9. The zero-order chi connectivity index (χ0) is 15.6. The van der Waals surface area contributed by atoms with E-state index < -0.39 is 11.9 Å². The van der Waals surface area contributed by atoms with E-state index in [1.165, 1.54) is 4.68 Å². The third-order valence-corrected chi connectivity index (χ3v) is 2.87. The van der Waals surface area contributed by atoms with Crippen molar-refractivity contribution < 1.29 is 17.9 Å². The lowest BCUT2D eigenvalue weighted by molar-refractivity contribution is -0.141. The Balaban J connectivity index is 2.53. The third-order valence-electron chi connectivity index (χ3n) is 2.87. The van der Waals surface area contributed by atoms with Crippen molar-refractivity contribution >= 4 is 0 Å². The topological polar surface area (TPSA) is 53.1 Å². The van der Waals surface area contributed by atoms with E-state index in [0.717, 1.165) is 11.6 Å². The Bertz CT molecular complexity index is 635. The molecule has 2 aromatic rings. The van der Waals surface area contributed by atoms with Gasteiger partial charge in [-0.25, -0.2) is 4.68 Å². The van der Waals surface area contributed by atoms with E-state index >= 15 is 0 Å². The molecule has 2 N–H and O–H groups in total. The molecular weight excluding hydrogens is 283 g/mol. The minimum absolute atomic E-state index is 0.0407. The molecule has 0 saturated carbocycles. The first-order chi connectivity index (χ1) is 9.85. The van der Waals surface area contributed by atoms with Crippen LogP contribution in [-0.4, -0.2) is 16.4 Å². The number of nitrogens with zero attached hydrogens (tertiary/aromatic N) is 2. The van der Waals surface area contributed by atoms with E-state index in [4.69, 9.17) is 10.5 Å². The summed E-state index contributed by atoms with van der Waals surface area (Å²) >= 11 is 0. The standard InChI is InChI=1S/C14H16F3N3O/c1-3-21-12-5-9(2)4-10(6-12)20-11(8-18)7-13(19-20)14(15,16)17/h4-7H,3,8,18H2,1-2H3. The molecule has 1 aromatic carbocycles. The van der Waals surface area contributed by atoms with Crippen LogP contribution in [-0.2, 0) is 12.7 Å². The van der Waals surface area contributed by atoms with Crippen molar-refractivity contribution in [3.63, 3.8) is 0 Å². The van der Waals surface area contributed by atoms with Gasteiger partial charge in [-0.2, -0.15) is 18.3 Å². The second-order valence-electron chi connectivity index (χ2n) is 4.57. The maximum absolute atomic E-state index is 12.8. The van der Waals surface area contributed by atoms with Crippen molar-refractivity contribution in [2.24, 2.45) is 5.73 Å². The zero-order valence-corrected chi connectivity index (χ0v) is 11.7. The first-order valence-electron chi connectivity index (χ1n) is 6.46. The highest BCUT2D eigenvalue weighted by Crippen LogP contribution is 2.30. The predicted molar refractivity (Wildman–Crippen MR) is 72.4 cm³/mol. The molecule has 0 atom stereocenters. The molecule has 0 radical (unpaired) electrons. The summed E-state index contributed by atoms with van der Waals surface area (Å²) in [4.78, 5) is 0. The highest BCUT2D eigenvalue weighted by molar-refractivity contribution is 5.44. The van der Waals surface area contributed by atoms with Gasteiger partial charge in [0.15, 0.2) is 5.69 Å². The average Bonchev–Trinajstić information content (AvgIpc) is 2.82. The van der Waals surface area contributed by atoms with E-state index in [0.29, 0.717) is 18.0 Å². The molecule has 0 fully saturated rings. The van der Waals surface area contributed by atoms with E-state index in [1.54, 1.807) is 12.1 Å². The third kappa shape index (κ3) is 3.36. The number of nitrogens with two attached hydrogens (primary N) is 1. The van der Waals surface area contributed by atoms with Crippen LogP contribution in [0.15, 0.2) is 24.3 Å². The van der Waals surface area contributed by atoms with Crippen LogP contribution in [0.4, 0.5) is 13.2 Å². The number of alkyl halides is 3. The zero-order valence-electron chi connectivity index (χ0n) is 11.7. The summed E-state index contributed by atoms with van der Waals surface area (Å²) in [6.45, 7) is 4.10. The summed E-state index contributed by atoms with van der Waals surface area (Å²) in [7, 11) is 0. The van der Waals surface area contributed by atoms with Gasteiger partial charge in [-0.3, -0.25) is 0 Å². The molecule has 2 rings (SSSR count). The van der Waals surface area contributed by atoms with Crippen LogP contribution < -0.4 is 10.5 Å². The van der Waals surface area contributed by atoms with Crippen molar-refractivity contribution in [2.45, 2.75) is 26.6 Å². The molecule has 114 valence electrons. The molecular formula is C14H16F3N3O. The van der Waals surface area contributed by atoms with E-state index in [-0.39, 0.29) is 12.2 Å². The summed E-state index contributed by atoms with van der Waals surface area (Å²) in [5.74, 6) is 0.583. The highest BCUT2D eigenvalue weighted by atomic mass is 19.4. The Hall–Kier alpha value is -2.02. The van der Waals surface area contributed by atoms with Gasteiger partial charge in [-0.05, 0) is 37.6 Å². The van der Waals surface area contributed by atoms with Gasteiger partial charge in [-0.15, -0.1) is 0 Å². The Morgan fingerprint density at radius 2 is 1.95 bits per heavy atom. The van der Waals surface area contributed by atoms with E-state index in [1.807, 2.05) is 19.9 Å². The molecule has 0 saturated heterocycles. The Kier molecular flexibility index (Phi) is 4.22. The molecule has 0 aliphatic carbocycles. The second-order valence-corrected chi connectivity index (χ2v) is 4.57. The fourth-order valence-corrected chi connectivity index (χ4v) is 2.03. The molecule has 1 heterocycles. The summed E-state index contributed by atoms with van der Waals surface area (Å²) in [6.07, 6.45) is -4.50. The fraction of sp³-hybridized carbons (Fsp3) is 0.357. The molecule has 0 bridgehead atoms. The largest absolute Gasteiger partial charge is 0.494 e. The van der Waals surface area contributed by atoms with Crippen molar-refractivity contribution in [1.29, 1.82) is 0 Å². The van der Waals surface area contributed by atoms with Crippen LogP contribution in [0.5, 0.6) is 5.75 Å². The Labute approximate surface area is 120 Å². The highest BCUT2D eigenvalue weighted by Gasteiger charge is 2.34. The Morgan fingerprint density at radius 1 is 1.24 bits per heavy atom. The molecule has 0 spiro atoms. The number of hydrogen-bond acceptors (Lipinski definition) is 3. The number of halogens is 3. The van der Waals surface area contributed by atoms with Crippen LogP contribution >= 0.6 is 0 Å². The van der Waals surface area contributed by atoms with Gasteiger partial charge in [0, 0.05) is 12.6 Å². The van der Waals surface area contributed by atoms with Gasteiger partial charge >= 0.3 is 6.18 Å². The van der Waals surface area contributed by atoms with Crippen LogP contribution in [0.2, 0.25) is 0 Å². The van der Waals surface area contributed by atoms with Crippen LogP contribution in [0, 0.1) is 6.92 Å². The second kappa shape index (κ2) is 5.77. The number of aryl methyl sites for hydroxylation is 1. The maximum atomic E-state index is 12.8. The molecule has 4 nitrogen and oxygen atoms in total. The van der Waals surface area contributed by atoms with Crippen molar-refractivity contribution in [2.75, 3.05) is 6.61 Å². The molecule has 7 heteroatoms.